The zero-order chi connectivity index (χ0) is 13.0. The number of nitrogens with zero attached hydrogens (tertiary/aromatic N) is 3. The molecule has 4 nitrogen and oxygen atoms in total. The van der Waals surface area contributed by atoms with Crippen molar-refractivity contribution in [3.05, 3.63) is 22.8 Å². The fourth-order valence-corrected chi connectivity index (χ4v) is 2.43. The number of likely N-dealkylation sites (tertiary alicyclic amines) is 1. The topological polar surface area (TPSA) is 52.0 Å². The van der Waals surface area contributed by atoms with E-state index in [-0.39, 0.29) is 0 Å². The summed E-state index contributed by atoms with van der Waals surface area (Å²) >= 11 is 6.13. The van der Waals surface area contributed by atoms with Gasteiger partial charge in [0.1, 0.15) is 16.9 Å². The lowest BCUT2D eigenvalue weighted by atomic mass is 10.1. The number of hydrogen-bond donors (Lipinski definition) is 1. The number of piperidine rings is 1. The molecule has 5 heteroatoms. The van der Waals surface area contributed by atoms with E-state index in [1.165, 1.54) is 0 Å². The van der Waals surface area contributed by atoms with Gasteiger partial charge in [0.05, 0.1) is 5.56 Å². The van der Waals surface area contributed by atoms with Crippen molar-refractivity contribution in [1.29, 1.82) is 5.26 Å². The number of pyridine rings is 1. The van der Waals surface area contributed by atoms with Gasteiger partial charge in [-0.2, -0.15) is 5.26 Å². The summed E-state index contributed by atoms with van der Waals surface area (Å²) in [4.78, 5) is 6.64. The van der Waals surface area contributed by atoms with Crippen molar-refractivity contribution in [1.82, 2.24) is 9.88 Å². The largest absolute Gasteiger partial charge is 0.366 e. The molecule has 0 saturated carbocycles. The van der Waals surface area contributed by atoms with E-state index < -0.39 is 0 Å². The lowest BCUT2D eigenvalue weighted by Gasteiger charge is -2.31. The Morgan fingerprint density at radius 1 is 1.56 bits per heavy atom. The Bertz CT molecular complexity index is 447. The molecule has 0 unspecified atom stereocenters. The second-order valence-electron chi connectivity index (χ2n) is 4.49. The van der Waals surface area contributed by atoms with Gasteiger partial charge < -0.3 is 10.2 Å². The minimum absolute atomic E-state index is 0.395. The lowest BCUT2D eigenvalue weighted by Crippen LogP contribution is -2.39. The van der Waals surface area contributed by atoms with E-state index in [2.05, 4.69) is 28.2 Å². The summed E-state index contributed by atoms with van der Waals surface area (Å²) in [5, 5.41) is 12.7. The van der Waals surface area contributed by atoms with Crippen molar-refractivity contribution >= 4 is 17.4 Å². The molecular formula is C13H17ClN4. The van der Waals surface area contributed by atoms with Gasteiger partial charge in [-0.3, -0.25) is 0 Å². The Morgan fingerprint density at radius 3 is 2.89 bits per heavy atom. The summed E-state index contributed by atoms with van der Waals surface area (Å²) in [6.45, 7) is 5.49. The predicted octanol–water partition coefficient (Wildman–Crippen LogP) is 2.50. The molecule has 2 rings (SSSR count). The Labute approximate surface area is 113 Å². The smallest absolute Gasteiger partial charge is 0.146 e. The van der Waals surface area contributed by atoms with Crippen LogP contribution < -0.4 is 5.32 Å². The quantitative estimate of drug-likeness (QED) is 0.911. The number of nitriles is 1. The van der Waals surface area contributed by atoms with E-state index in [1.54, 1.807) is 12.3 Å². The monoisotopic (exact) mass is 264 g/mol. The molecule has 0 atom stereocenters. The second kappa shape index (κ2) is 6.03. The molecule has 0 radical (unpaired) electrons. The third-order valence-electron chi connectivity index (χ3n) is 3.39. The molecule has 2 heterocycles. The van der Waals surface area contributed by atoms with Gasteiger partial charge in [0.25, 0.3) is 0 Å². The molecule has 1 saturated heterocycles. The van der Waals surface area contributed by atoms with Gasteiger partial charge in [-0.25, -0.2) is 4.98 Å². The van der Waals surface area contributed by atoms with Crippen LogP contribution in [0.15, 0.2) is 12.3 Å². The van der Waals surface area contributed by atoms with E-state index in [0.29, 0.717) is 22.4 Å². The van der Waals surface area contributed by atoms with Crippen molar-refractivity contribution in [2.45, 2.75) is 25.8 Å². The van der Waals surface area contributed by atoms with E-state index in [0.717, 1.165) is 32.5 Å². The lowest BCUT2D eigenvalue weighted by molar-refractivity contribution is 0.229. The molecule has 0 spiro atoms. The number of halogens is 1. The first kappa shape index (κ1) is 13.1. The fourth-order valence-electron chi connectivity index (χ4n) is 2.22. The highest BCUT2D eigenvalue weighted by Gasteiger charge is 2.19. The zero-order valence-electron chi connectivity index (χ0n) is 10.5. The average molecular weight is 265 g/mol. The van der Waals surface area contributed by atoms with E-state index >= 15 is 0 Å². The number of rotatable bonds is 3. The maximum absolute atomic E-state index is 8.92. The zero-order valence-corrected chi connectivity index (χ0v) is 11.2. The van der Waals surface area contributed by atoms with Gasteiger partial charge in [-0.1, -0.05) is 18.5 Å². The second-order valence-corrected chi connectivity index (χ2v) is 4.86. The summed E-state index contributed by atoms with van der Waals surface area (Å²) in [6, 6.07) is 4.10. The number of aromatic nitrogens is 1. The van der Waals surface area contributed by atoms with Gasteiger partial charge >= 0.3 is 0 Å². The molecule has 18 heavy (non-hydrogen) atoms. The van der Waals surface area contributed by atoms with E-state index in [9.17, 15) is 0 Å². The number of nitrogens with one attached hydrogen (secondary N) is 1. The first-order valence-electron chi connectivity index (χ1n) is 6.28. The molecule has 0 aromatic carbocycles. The first-order chi connectivity index (χ1) is 8.74. The van der Waals surface area contributed by atoms with Crippen molar-refractivity contribution < 1.29 is 0 Å². The highest BCUT2D eigenvalue weighted by atomic mass is 35.5. The molecule has 1 aliphatic heterocycles. The van der Waals surface area contributed by atoms with Crippen LogP contribution >= 0.6 is 11.6 Å². The predicted molar refractivity (Wildman–Crippen MR) is 72.7 cm³/mol. The first-order valence-corrected chi connectivity index (χ1v) is 6.66. The Balaban J connectivity index is 2.01. The van der Waals surface area contributed by atoms with Gasteiger partial charge in [-0.15, -0.1) is 0 Å². The van der Waals surface area contributed by atoms with Gasteiger partial charge in [0, 0.05) is 25.3 Å². The maximum Gasteiger partial charge on any atom is 0.146 e. The van der Waals surface area contributed by atoms with Crippen molar-refractivity contribution in [3.8, 4) is 6.07 Å². The summed E-state index contributed by atoms with van der Waals surface area (Å²) in [7, 11) is 0. The highest BCUT2D eigenvalue weighted by Crippen LogP contribution is 2.25. The molecule has 1 N–H and O–H groups in total. The summed E-state index contributed by atoms with van der Waals surface area (Å²) in [5.74, 6) is 0.630. The van der Waals surface area contributed by atoms with Crippen LogP contribution in [0.1, 0.15) is 25.3 Å². The Hall–Kier alpha value is -1.31. The molecule has 1 aromatic heterocycles. The molecule has 0 amide bonds. The average Bonchev–Trinajstić information content (AvgIpc) is 2.42. The molecule has 1 fully saturated rings. The molecule has 1 aliphatic rings. The van der Waals surface area contributed by atoms with Crippen LogP contribution in [0.5, 0.6) is 0 Å². The van der Waals surface area contributed by atoms with Crippen molar-refractivity contribution in [2.24, 2.45) is 0 Å². The van der Waals surface area contributed by atoms with Crippen molar-refractivity contribution in [2.75, 3.05) is 25.0 Å². The molecule has 0 aliphatic carbocycles. The molecular weight excluding hydrogens is 248 g/mol. The van der Waals surface area contributed by atoms with E-state index in [1.807, 2.05) is 0 Å². The van der Waals surface area contributed by atoms with Crippen LogP contribution in [-0.2, 0) is 0 Å². The number of hydrogen-bond acceptors (Lipinski definition) is 4. The molecule has 96 valence electrons. The maximum atomic E-state index is 8.92. The van der Waals surface area contributed by atoms with Crippen LogP contribution in [0.3, 0.4) is 0 Å². The minimum Gasteiger partial charge on any atom is -0.366 e. The Morgan fingerprint density at radius 2 is 2.28 bits per heavy atom. The van der Waals surface area contributed by atoms with Gasteiger partial charge in [0.15, 0.2) is 0 Å². The van der Waals surface area contributed by atoms with Crippen LogP contribution in [0, 0.1) is 11.3 Å². The van der Waals surface area contributed by atoms with Gasteiger partial charge in [-0.05, 0) is 25.5 Å². The third-order valence-corrected chi connectivity index (χ3v) is 3.77. The standard InChI is InChI=1S/C13H17ClN4/c1-2-18-7-4-11(5-8-18)17-13-12(14)10(9-15)3-6-16-13/h3,6,11H,2,4-5,7-8H2,1H3,(H,16,17). The normalized spacial score (nSPS) is 17.4. The van der Waals surface area contributed by atoms with Crippen LogP contribution in [0.25, 0.3) is 0 Å². The third kappa shape index (κ3) is 2.92. The summed E-state index contributed by atoms with van der Waals surface area (Å²) in [6.07, 6.45) is 3.79. The summed E-state index contributed by atoms with van der Waals surface area (Å²) < 4.78 is 0. The Kier molecular flexibility index (Phi) is 4.40. The van der Waals surface area contributed by atoms with Crippen LogP contribution in [0.4, 0.5) is 5.82 Å². The molecule has 0 bridgehead atoms. The summed E-state index contributed by atoms with van der Waals surface area (Å²) in [5.41, 5.74) is 0.472. The molecule has 1 aromatic rings. The fraction of sp³-hybridized carbons (Fsp3) is 0.538. The van der Waals surface area contributed by atoms with Crippen LogP contribution in [0.2, 0.25) is 5.02 Å². The number of anilines is 1. The van der Waals surface area contributed by atoms with Crippen molar-refractivity contribution in [3.63, 3.8) is 0 Å². The minimum atomic E-state index is 0.395. The SMILES string of the molecule is CCN1CCC(Nc2nccc(C#N)c2Cl)CC1. The van der Waals surface area contributed by atoms with Gasteiger partial charge in [0.2, 0.25) is 0 Å². The highest BCUT2D eigenvalue weighted by molar-refractivity contribution is 6.34. The van der Waals surface area contributed by atoms with E-state index in [4.69, 9.17) is 16.9 Å². The van der Waals surface area contributed by atoms with Crippen LogP contribution in [-0.4, -0.2) is 35.6 Å².